The van der Waals surface area contributed by atoms with Crippen LogP contribution in [0.3, 0.4) is 0 Å². The van der Waals surface area contributed by atoms with Crippen LogP contribution >= 0.6 is 0 Å². The third kappa shape index (κ3) is 3.19. The van der Waals surface area contributed by atoms with Crippen LogP contribution in [0.2, 0.25) is 0 Å². The molecule has 1 unspecified atom stereocenters. The summed E-state index contributed by atoms with van der Waals surface area (Å²) in [7, 11) is 0. The van der Waals surface area contributed by atoms with Crippen LogP contribution in [0, 0.1) is 13.8 Å². The van der Waals surface area contributed by atoms with Gasteiger partial charge in [0.1, 0.15) is 11.6 Å². The van der Waals surface area contributed by atoms with Gasteiger partial charge in [-0.25, -0.2) is 10.8 Å². The van der Waals surface area contributed by atoms with E-state index in [9.17, 15) is 13.2 Å². The number of rotatable bonds is 3. The number of hydrazine groups is 1. The van der Waals surface area contributed by atoms with Gasteiger partial charge in [-0.2, -0.15) is 18.2 Å². The summed E-state index contributed by atoms with van der Waals surface area (Å²) in [6.07, 6.45) is -6.39. The summed E-state index contributed by atoms with van der Waals surface area (Å²) < 4.78 is 41.8. The number of ether oxygens (including phenoxy) is 1. The van der Waals surface area contributed by atoms with Crippen molar-refractivity contribution >= 4 is 5.82 Å². The van der Waals surface area contributed by atoms with E-state index in [1.807, 2.05) is 0 Å². The monoisotopic (exact) mass is 250 g/mol. The first-order valence-electron chi connectivity index (χ1n) is 4.81. The molecule has 0 saturated heterocycles. The van der Waals surface area contributed by atoms with Crippen LogP contribution in [0.1, 0.15) is 18.3 Å². The maximum absolute atomic E-state index is 12.3. The SMILES string of the molecule is Cc1nc(NN)c(C)c(OC(C)C(F)(F)F)n1. The number of hydrogen-bond acceptors (Lipinski definition) is 5. The molecule has 0 aliphatic carbocycles. The van der Waals surface area contributed by atoms with E-state index in [2.05, 4.69) is 15.4 Å². The summed E-state index contributed by atoms with van der Waals surface area (Å²) >= 11 is 0. The Balaban J connectivity index is 3.03. The Bertz CT molecular complexity index is 408. The number of nitrogens with two attached hydrogens (primary N) is 1. The molecule has 96 valence electrons. The van der Waals surface area contributed by atoms with E-state index < -0.39 is 12.3 Å². The molecule has 0 aromatic carbocycles. The van der Waals surface area contributed by atoms with Crippen molar-refractivity contribution in [2.75, 3.05) is 5.43 Å². The van der Waals surface area contributed by atoms with Gasteiger partial charge in [-0.1, -0.05) is 0 Å². The summed E-state index contributed by atoms with van der Waals surface area (Å²) in [4.78, 5) is 7.72. The number of nitrogens with zero attached hydrogens (tertiary/aromatic N) is 2. The van der Waals surface area contributed by atoms with Gasteiger partial charge in [0, 0.05) is 0 Å². The van der Waals surface area contributed by atoms with Crippen LogP contribution in [0.5, 0.6) is 5.88 Å². The van der Waals surface area contributed by atoms with E-state index in [1.165, 1.54) is 13.8 Å². The second-order valence-corrected chi connectivity index (χ2v) is 3.50. The lowest BCUT2D eigenvalue weighted by Crippen LogP contribution is -2.32. The molecule has 17 heavy (non-hydrogen) atoms. The Hall–Kier alpha value is -1.57. The minimum atomic E-state index is -4.44. The molecule has 0 spiro atoms. The predicted octanol–water partition coefficient (Wildman–Crippen LogP) is 1.71. The molecule has 1 aromatic rings. The fourth-order valence-corrected chi connectivity index (χ4v) is 1.09. The van der Waals surface area contributed by atoms with Crippen molar-refractivity contribution in [2.24, 2.45) is 5.84 Å². The van der Waals surface area contributed by atoms with Crippen molar-refractivity contribution < 1.29 is 17.9 Å². The number of hydrogen-bond donors (Lipinski definition) is 2. The highest BCUT2D eigenvalue weighted by Gasteiger charge is 2.38. The van der Waals surface area contributed by atoms with Crippen molar-refractivity contribution in [2.45, 2.75) is 33.1 Å². The number of aryl methyl sites for hydroxylation is 1. The van der Waals surface area contributed by atoms with E-state index >= 15 is 0 Å². The van der Waals surface area contributed by atoms with Crippen molar-refractivity contribution in [1.82, 2.24) is 9.97 Å². The Morgan fingerprint density at radius 3 is 2.35 bits per heavy atom. The summed E-state index contributed by atoms with van der Waals surface area (Å²) in [5.74, 6) is 5.57. The fraction of sp³-hybridized carbons (Fsp3) is 0.556. The van der Waals surface area contributed by atoms with Crippen molar-refractivity contribution in [3.8, 4) is 5.88 Å². The van der Waals surface area contributed by atoms with Gasteiger partial charge in [-0.05, 0) is 20.8 Å². The molecule has 1 rings (SSSR count). The third-order valence-corrected chi connectivity index (χ3v) is 2.10. The van der Waals surface area contributed by atoms with E-state index in [0.29, 0.717) is 5.56 Å². The van der Waals surface area contributed by atoms with Crippen molar-refractivity contribution in [3.05, 3.63) is 11.4 Å². The van der Waals surface area contributed by atoms with Gasteiger partial charge in [0.05, 0.1) is 5.56 Å². The molecule has 1 aromatic heterocycles. The Kier molecular flexibility index (Phi) is 3.76. The third-order valence-electron chi connectivity index (χ3n) is 2.10. The molecule has 0 bridgehead atoms. The van der Waals surface area contributed by atoms with Gasteiger partial charge in [-0.3, -0.25) is 0 Å². The molecule has 3 N–H and O–H groups in total. The molecular weight excluding hydrogens is 237 g/mol. The Morgan fingerprint density at radius 2 is 1.88 bits per heavy atom. The summed E-state index contributed by atoms with van der Waals surface area (Å²) in [6.45, 7) is 3.96. The quantitative estimate of drug-likeness (QED) is 0.631. The van der Waals surface area contributed by atoms with Gasteiger partial charge in [0.2, 0.25) is 5.88 Å². The highest BCUT2D eigenvalue weighted by atomic mass is 19.4. The van der Waals surface area contributed by atoms with E-state index in [1.54, 1.807) is 0 Å². The van der Waals surface area contributed by atoms with E-state index in [4.69, 9.17) is 10.6 Å². The van der Waals surface area contributed by atoms with Crippen LogP contribution in [-0.2, 0) is 0 Å². The van der Waals surface area contributed by atoms with Gasteiger partial charge in [0.25, 0.3) is 0 Å². The minimum Gasteiger partial charge on any atom is -0.465 e. The molecule has 0 aliphatic heterocycles. The van der Waals surface area contributed by atoms with Crippen molar-refractivity contribution in [1.29, 1.82) is 0 Å². The molecular formula is C9H13F3N4O. The molecule has 0 amide bonds. The number of aromatic nitrogens is 2. The van der Waals surface area contributed by atoms with Crippen LogP contribution in [0.15, 0.2) is 0 Å². The second kappa shape index (κ2) is 4.74. The molecule has 0 aliphatic rings. The van der Waals surface area contributed by atoms with Gasteiger partial charge >= 0.3 is 6.18 Å². The van der Waals surface area contributed by atoms with Crippen LogP contribution < -0.4 is 16.0 Å². The second-order valence-electron chi connectivity index (χ2n) is 3.50. The zero-order chi connectivity index (χ0) is 13.2. The fourth-order valence-electron chi connectivity index (χ4n) is 1.09. The number of halogens is 3. The topological polar surface area (TPSA) is 73.1 Å². The average molecular weight is 250 g/mol. The zero-order valence-corrected chi connectivity index (χ0v) is 9.59. The number of nitrogens with one attached hydrogen (secondary N) is 1. The lowest BCUT2D eigenvalue weighted by atomic mass is 10.3. The van der Waals surface area contributed by atoms with Crippen LogP contribution in [0.25, 0.3) is 0 Å². The van der Waals surface area contributed by atoms with Gasteiger partial charge < -0.3 is 10.2 Å². The molecule has 0 radical (unpaired) electrons. The number of nitrogen functional groups attached to an aromatic ring is 1. The molecule has 8 heteroatoms. The Labute approximate surface area is 96.2 Å². The summed E-state index contributed by atoms with van der Waals surface area (Å²) in [6, 6.07) is 0. The number of anilines is 1. The largest absolute Gasteiger partial charge is 0.465 e. The summed E-state index contributed by atoms with van der Waals surface area (Å²) in [5, 5.41) is 0. The lowest BCUT2D eigenvalue weighted by Gasteiger charge is -2.19. The van der Waals surface area contributed by atoms with Crippen molar-refractivity contribution in [3.63, 3.8) is 0 Å². The maximum atomic E-state index is 12.3. The molecule has 0 fully saturated rings. The zero-order valence-electron chi connectivity index (χ0n) is 9.59. The molecule has 0 saturated carbocycles. The predicted molar refractivity (Wildman–Crippen MR) is 55.5 cm³/mol. The number of alkyl halides is 3. The van der Waals surface area contributed by atoms with Gasteiger partial charge in [-0.15, -0.1) is 0 Å². The lowest BCUT2D eigenvalue weighted by molar-refractivity contribution is -0.190. The first-order chi connectivity index (χ1) is 7.75. The molecule has 5 nitrogen and oxygen atoms in total. The van der Waals surface area contributed by atoms with Gasteiger partial charge in [0.15, 0.2) is 6.10 Å². The first kappa shape index (κ1) is 13.5. The van der Waals surface area contributed by atoms with E-state index in [0.717, 1.165) is 6.92 Å². The maximum Gasteiger partial charge on any atom is 0.425 e. The van der Waals surface area contributed by atoms with Crippen LogP contribution in [0.4, 0.5) is 19.0 Å². The molecule has 1 heterocycles. The highest BCUT2D eigenvalue weighted by molar-refractivity contribution is 5.47. The standard InChI is InChI=1S/C9H13F3N4O/c1-4-7(16-13)14-6(3)15-8(4)17-5(2)9(10,11)12/h5H,13H2,1-3H3,(H,14,15,16). The normalized spacial score (nSPS) is 13.4. The molecule has 1 atom stereocenters. The highest BCUT2D eigenvalue weighted by Crippen LogP contribution is 2.27. The van der Waals surface area contributed by atoms with E-state index in [-0.39, 0.29) is 17.5 Å². The van der Waals surface area contributed by atoms with Crippen LogP contribution in [-0.4, -0.2) is 22.2 Å². The minimum absolute atomic E-state index is 0.129. The smallest absolute Gasteiger partial charge is 0.425 e. The first-order valence-corrected chi connectivity index (χ1v) is 4.81. The Morgan fingerprint density at radius 1 is 1.29 bits per heavy atom. The summed E-state index contributed by atoms with van der Waals surface area (Å²) in [5.41, 5.74) is 2.60. The average Bonchev–Trinajstić information content (AvgIpc) is 2.21.